The van der Waals surface area contributed by atoms with Crippen LogP contribution < -0.4 is 10.2 Å². The van der Waals surface area contributed by atoms with E-state index in [0.717, 1.165) is 30.1 Å². The molecule has 0 atom stereocenters. The van der Waals surface area contributed by atoms with Crippen LogP contribution in [0.4, 0.5) is 0 Å². The summed E-state index contributed by atoms with van der Waals surface area (Å²) in [5, 5.41) is 4.16. The Hall–Kier alpha value is -1.88. The lowest BCUT2D eigenvalue weighted by Crippen LogP contribution is -2.38. The van der Waals surface area contributed by atoms with Crippen LogP contribution in [0.1, 0.15) is 31.7 Å². The highest BCUT2D eigenvalue weighted by atomic mass is 16.5. The molecule has 1 aliphatic heterocycles. The van der Waals surface area contributed by atoms with Crippen LogP contribution in [0.2, 0.25) is 0 Å². The smallest absolute Gasteiger partial charge is 0.254 e. The number of benzene rings is 1. The van der Waals surface area contributed by atoms with E-state index in [4.69, 9.17) is 4.74 Å². The molecule has 2 rings (SSSR count). The summed E-state index contributed by atoms with van der Waals surface area (Å²) in [7, 11) is 1.64. The van der Waals surface area contributed by atoms with Gasteiger partial charge in [0.05, 0.1) is 19.4 Å². The van der Waals surface area contributed by atoms with E-state index < -0.39 is 0 Å². The van der Waals surface area contributed by atoms with Crippen LogP contribution >= 0.6 is 0 Å². The molecular weight excluding hydrogens is 266 g/mol. The summed E-state index contributed by atoms with van der Waals surface area (Å²) < 4.78 is 5.12. The van der Waals surface area contributed by atoms with E-state index >= 15 is 0 Å². The van der Waals surface area contributed by atoms with E-state index in [2.05, 4.69) is 15.4 Å². The van der Waals surface area contributed by atoms with E-state index in [1.165, 1.54) is 19.3 Å². The van der Waals surface area contributed by atoms with Crippen molar-refractivity contribution >= 4 is 11.6 Å². The molecule has 1 fully saturated rings. The number of likely N-dealkylation sites (tertiary alicyclic amines) is 1. The van der Waals surface area contributed by atoms with Crippen LogP contribution in [0.3, 0.4) is 0 Å². The lowest BCUT2D eigenvalue weighted by Gasteiger charge is -2.25. The van der Waals surface area contributed by atoms with Gasteiger partial charge in [0.25, 0.3) is 5.91 Å². The Morgan fingerprint density at radius 1 is 1.24 bits per heavy atom. The Balaban J connectivity index is 1.85. The van der Waals surface area contributed by atoms with Gasteiger partial charge in [0.1, 0.15) is 5.75 Å². The van der Waals surface area contributed by atoms with Crippen LogP contribution in [0.5, 0.6) is 5.75 Å². The molecule has 1 aliphatic rings. The first kappa shape index (κ1) is 15.5. The molecule has 0 aromatic heterocycles. The molecule has 0 radical (unpaired) electrons. The zero-order chi connectivity index (χ0) is 15.1. The zero-order valence-corrected chi connectivity index (χ0v) is 12.8. The first-order valence-electron chi connectivity index (χ1n) is 7.39. The molecule has 1 heterocycles. The molecule has 1 amide bonds. The fraction of sp³-hybridized carbons (Fsp3) is 0.500. The summed E-state index contributed by atoms with van der Waals surface area (Å²) in [5.74, 6) is 0.755. The Morgan fingerprint density at radius 3 is 2.52 bits per heavy atom. The zero-order valence-electron chi connectivity index (χ0n) is 12.8. The predicted octanol–water partition coefficient (Wildman–Crippen LogP) is 2.02. The van der Waals surface area contributed by atoms with E-state index in [1.807, 2.05) is 31.2 Å². The van der Waals surface area contributed by atoms with Crippen LogP contribution in [0.15, 0.2) is 29.4 Å². The van der Waals surface area contributed by atoms with Gasteiger partial charge in [-0.15, -0.1) is 0 Å². The molecule has 5 nitrogen and oxygen atoms in total. The number of carbonyl (C=O) groups is 1. The van der Waals surface area contributed by atoms with Crippen molar-refractivity contribution in [2.75, 3.05) is 26.7 Å². The van der Waals surface area contributed by atoms with Gasteiger partial charge in [0.2, 0.25) is 0 Å². The molecule has 21 heavy (non-hydrogen) atoms. The molecular formula is C16H23N3O2. The Bertz CT molecular complexity index is 491. The van der Waals surface area contributed by atoms with Gasteiger partial charge in [-0.2, -0.15) is 5.10 Å². The monoisotopic (exact) mass is 289 g/mol. The second-order valence-corrected chi connectivity index (χ2v) is 5.30. The van der Waals surface area contributed by atoms with Crippen molar-refractivity contribution in [1.82, 2.24) is 10.3 Å². The van der Waals surface area contributed by atoms with Crippen LogP contribution in [-0.2, 0) is 4.79 Å². The molecule has 0 spiro atoms. The second-order valence-electron chi connectivity index (χ2n) is 5.30. The minimum atomic E-state index is -0.0511. The van der Waals surface area contributed by atoms with E-state index in [-0.39, 0.29) is 5.91 Å². The summed E-state index contributed by atoms with van der Waals surface area (Å²) in [5.41, 5.74) is 4.38. The number of piperidine rings is 1. The number of nitrogens with zero attached hydrogens (tertiary/aromatic N) is 2. The standard InChI is InChI=1S/C16H23N3O2/c1-13(14-6-8-15(21-2)9-7-14)17-18-16(20)12-19-10-4-3-5-11-19/h6-9H,3-5,10-12H2,1-2H3,(H,18,20)/b17-13-. The lowest BCUT2D eigenvalue weighted by atomic mass is 10.1. The number of rotatable bonds is 5. The molecule has 0 aliphatic carbocycles. The van der Waals surface area contributed by atoms with E-state index in [0.29, 0.717) is 6.54 Å². The third-order valence-corrected chi connectivity index (χ3v) is 3.67. The quantitative estimate of drug-likeness (QED) is 0.666. The highest BCUT2D eigenvalue weighted by Gasteiger charge is 2.13. The van der Waals surface area contributed by atoms with E-state index in [1.54, 1.807) is 7.11 Å². The van der Waals surface area contributed by atoms with Crippen molar-refractivity contribution in [3.63, 3.8) is 0 Å². The van der Waals surface area contributed by atoms with Crippen LogP contribution in [0.25, 0.3) is 0 Å². The minimum absolute atomic E-state index is 0.0511. The second kappa shape index (κ2) is 7.78. The maximum atomic E-state index is 11.9. The van der Waals surface area contributed by atoms with Crippen molar-refractivity contribution in [2.24, 2.45) is 5.10 Å². The summed E-state index contributed by atoms with van der Waals surface area (Å²) >= 11 is 0. The topological polar surface area (TPSA) is 53.9 Å². The number of carbonyl (C=O) groups excluding carboxylic acids is 1. The SMILES string of the molecule is COc1ccc(/C(C)=N\NC(=O)CN2CCCCC2)cc1. The number of methoxy groups -OCH3 is 1. The third-order valence-electron chi connectivity index (χ3n) is 3.67. The number of hydrogen-bond donors (Lipinski definition) is 1. The van der Waals surface area contributed by atoms with Crippen molar-refractivity contribution < 1.29 is 9.53 Å². The summed E-state index contributed by atoms with van der Waals surface area (Å²) in [4.78, 5) is 14.0. The van der Waals surface area contributed by atoms with Gasteiger partial charge < -0.3 is 4.74 Å². The fourth-order valence-corrected chi connectivity index (χ4v) is 2.40. The molecule has 1 aromatic carbocycles. The first-order chi connectivity index (χ1) is 10.2. The maximum Gasteiger partial charge on any atom is 0.254 e. The van der Waals surface area contributed by atoms with Crippen molar-refractivity contribution in [2.45, 2.75) is 26.2 Å². The normalized spacial score (nSPS) is 16.6. The van der Waals surface area contributed by atoms with E-state index in [9.17, 15) is 4.79 Å². The van der Waals surface area contributed by atoms with Gasteiger partial charge in [0, 0.05) is 0 Å². The minimum Gasteiger partial charge on any atom is -0.497 e. The van der Waals surface area contributed by atoms with Gasteiger partial charge in [-0.25, -0.2) is 5.43 Å². The molecule has 0 bridgehead atoms. The average Bonchev–Trinajstić information content (AvgIpc) is 2.53. The van der Waals surface area contributed by atoms with Gasteiger partial charge in [-0.1, -0.05) is 6.42 Å². The fourth-order valence-electron chi connectivity index (χ4n) is 2.40. The van der Waals surface area contributed by atoms with Gasteiger partial charge in [0.15, 0.2) is 0 Å². The highest BCUT2D eigenvalue weighted by molar-refractivity contribution is 5.99. The molecule has 0 unspecified atom stereocenters. The maximum absolute atomic E-state index is 11.9. The Kier molecular flexibility index (Phi) is 5.75. The van der Waals surface area contributed by atoms with Crippen molar-refractivity contribution in [1.29, 1.82) is 0 Å². The summed E-state index contributed by atoms with van der Waals surface area (Å²) in [6.45, 7) is 4.32. The first-order valence-corrected chi connectivity index (χ1v) is 7.39. The lowest BCUT2D eigenvalue weighted by molar-refractivity contribution is -0.122. The number of ether oxygens (including phenoxy) is 1. The highest BCUT2D eigenvalue weighted by Crippen LogP contribution is 2.12. The number of hydrazone groups is 1. The number of amides is 1. The molecule has 1 aromatic rings. The molecule has 114 valence electrons. The van der Waals surface area contributed by atoms with Gasteiger partial charge in [-0.3, -0.25) is 9.69 Å². The molecule has 0 saturated carbocycles. The molecule has 5 heteroatoms. The largest absolute Gasteiger partial charge is 0.497 e. The van der Waals surface area contributed by atoms with Crippen molar-refractivity contribution in [3.05, 3.63) is 29.8 Å². The van der Waals surface area contributed by atoms with Gasteiger partial charge >= 0.3 is 0 Å². The van der Waals surface area contributed by atoms with Crippen molar-refractivity contribution in [3.8, 4) is 5.75 Å². The average molecular weight is 289 g/mol. The van der Waals surface area contributed by atoms with Gasteiger partial charge in [-0.05, 0) is 62.7 Å². The van der Waals surface area contributed by atoms with Crippen LogP contribution in [-0.4, -0.2) is 43.3 Å². The number of nitrogens with one attached hydrogen (secondary N) is 1. The Labute approximate surface area is 126 Å². The number of hydrogen-bond acceptors (Lipinski definition) is 4. The predicted molar refractivity (Wildman–Crippen MR) is 83.6 cm³/mol. The Morgan fingerprint density at radius 2 is 1.90 bits per heavy atom. The summed E-state index contributed by atoms with van der Waals surface area (Å²) in [6, 6.07) is 7.61. The third kappa shape index (κ3) is 4.86. The molecule has 1 N–H and O–H groups in total. The molecule has 1 saturated heterocycles. The summed E-state index contributed by atoms with van der Waals surface area (Å²) in [6.07, 6.45) is 3.63. The van der Waals surface area contributed by atoms with Crippen LogP contribution in [0, 0.1) is 0 Å².